The molecule has 2 N–H and O–H groups in total. The van der Waals surface area contributed by atoms with E-state index in [4.69, 9.17) is 23.8 Å². The van der Waals surface area contributed by atoms with Gasteiger partial charge in [0.15, 0.2) is 5.11 Å². The summed E-state index contributed by atoms with van der Waals surface area (Å²) in [6, 6.07) is 8.46. The van der Waals surface area contributed by atoms with E-state index in [2.05, 4.69) is 10.6 Å². The van der Waals surface area contributed by atoms with Crippen LogP contribution in [0.4, 0.5) is 24.5 Å². The minimum atomic E-state index is -4.49. The Hall–Kier alpha value is -1.59. The molecule has 1 saturated heterocycles. The lowest BCUT2D eigenvalue weighted by atomic mass is 10.1. The fourth-order valence-electron chi connectivity index (χ4n) is 3.22. The van der Waals surface area contributed by atoms with Crippen LogP contribution in [0.25, 0.3) is 0 Å². The number of piperidine rings is 1. The summed E-state index contributed by atoms with van der Waals surface area (Å²) in [6.07, 6.45) is -1.47. The predicted octanol–water partition coefficient (Wildman–Crippen LogP) is 6.08. The molecule has 2 aromatic rings. The summed E-state index contributed by atoms with van der Waals surface area (Å²) in [4.78, 5) is 14.5. The number of rotatable bonds is 3. The Morgan fingerprint density at radius 2 is 1.80 bits per heavy atom. The van der Waals surface area contributed by atoms with Gasteiger partial charge in [0, 0.05) is 16.7 Å². The monoisotopic (exact) mass is 567 g/mol. The molecule has 30 heavy (non-hydrogen) atoms. The van der Waals surface area contributed by atoms with E-state index in [1.54, 1.807) is 18.2 Å². The lowest BCUT2D eigenvalue weighted by Crippen LogP contribution is -2.36. The molecule has 3 rings (SSSR count). The van der Waals surface area contributed by atoms with Crippen molar-refractivity contribution < 1.29 is 18.0 Å². The van der Waals surface area contributed by atoms with Gasteiger partial charge in [-0.15, -0.1) is 0 Å². The van der Waals surface area contributed by atoms with Gasteiger partial charge in [-0.2, -0.15) is 13.2 Å². The van der Waals surface area contributed by atoms with Crippen molar-refractivity contribution in [3.8, 4) is 0 Å². The highest BCUT2D eigenvalue weighted by atomic mass is 127. The third-order valence-electron chi connectivity index (χ3n) is 4.67. The van der Waals surface area contributed by atoms with Crippen LogP contribution in [0.15, 0.2) is 36.4 Å². The number of halogens is 5. The molecule has 0 aliphatic carbocycles. The number of benzene rings is 2. The fourth-order valence-corrected chi connectivity index (χ4v) is 4.12. The Kier molecular flexibility index (Phi) is 7.46. The second-order valence-electron chi connectivity index (χ2n) is 6.81. The highest BCUT2D eigenvalue weighted by Gasteiger charge is 2.31. The second kappa shape index (κ2) is 9.69. The van der Waals surface area contributed by atoms with E-state index >= 15 is 0 Å². The Bertz CT molecular complexity index is 965. The summed E-state index contributed by atoms with van der Waals surface area (Å²) >= 11 is 13.3. The fraction of sp³-hybridized carbons (Fsp3) is 0.300. The Morgan fingerprint density at radius 1 is 1.10 bits per heavy atom. The average Bonchev–Trinajstić information content (AvgIpc) is 2.69. The molecule has 160 valence electrons. The van der Waals surface area contributed by atoms with Crippen molar-refractivity contribution in [3.63, 3.8) is 0 Å². The van der Waals surface area contributed by atoms with Crippen LogP contribution in [0.2, 0.25) is 5.02 Å². The lowest BCUT2D eigenvalue weighted by molar-refractivity contribution is -0.137. The molecule has 1 fully saturated rings. The molecule has 0 unspecified atom stereocenters. The van der Waals surface area contributed by atoms with Gasteiger partial charge >= 0.3 is 6.18 Å². The smallest absolute Gasteiger partial charge is 0.370 e. The molecule has 1 aliphatic rings. The van der Waals surface area contributed by atoms with Crippen molar-refractivity contribution in [3.05, 3.63) is 56.1 Å². The van der Waals surface area contributed by atoms with E-state index < -0.39 is 17.6 Å². The highest BCUT2D eigenvalue weighted by Crippen LogP contribution is 2.36. The number of hydrogen-bond acceptors (Lipinski definition) is 3. The minimum Gasteiger partial charge on any atom is -0.370 e. The molecule has 1 aliphatic heterocycles. The van der Waals surface area contributed by atoms with Gasteiger partial charge in [-0.25, -0.2) is 0 Å². The van der Waals surface area contributed by atoms with Crippen LogP contribution in [0.3, 0.4) is 0 Å². The van der Waals surface area contributed by atoms with Gasteiger partial charge in [-0.05, 0) is 90.5 Å². The van der Waals surface area contributed by atoms with Crippen molar-refractivity contribution in [2.75, 3.05) is 23.3 Å². The SMILES string of the molecule is O=C(NC(=S)Nc1cc(C(F)(F)F)ccc1N1CCCCC1)c1cc(I)ccc1Cl. The maximum atomic E-state index is 13.2. The number of alkyl halides is 3. The largest absolute Gasteiger partial charge is 0.416 e. The molecular weight excluding hydrogens is 550 g/mol. The molecular formula is C20H18ClF3IN3OS. The van der Waals surface area contributed by atoms with Gasteiger partial charge in [0.05, 0.1) is 27.5 Å². The van der Waals surface area contributed by atoms with Gasteiger partial charge in [0.1, 0.15) is 0 Å². The van der Waals surface area contributed by atoms with E-state index in [1.165, 1.54) is 6.07 Å². The molecule has 0 radical (unpaired) electrons. The van der Waals surface area contributed by atoms with Crippen LogP contribution in [0, 0.1) is 3.57 Å². The van der Waals surface area contributed by atoms with Crippen LogP contribution >= 0.6 is 46.4 Å². The summed E-state index contributed by atoms with van der Waals surface area (Å²) in [6.45, 7) is 1.49. The molecule has 0 saturated carbocycles. The minimum absolute atomic E-state index is 0.104. The van der Waals surface area contributed by atoms with Crippen molar-refractivity contribution >= 4 is 68.8 Å². The normalized spacial score (nSPS) is 14.4. The molecule has 0 atom stereocenters. The van der Waals surface area contributed by atoms with E-state index in [-0.39, 0.29) is 21.4 Å². The third kappa shape index (κ3) is 5.76. The summed E-state index contributed by atoms with van der Waals surface area (Å²) in [7, 11) is 0. The van der Waals surface area contributed by atoms with Crippen LogP contribution in [-0.2, 0) is 6.18 Å². The Balaban J connectivity index is 1.83. The maximum absolute atomic E-state index is 13.2. The molecule has 2 aromatic carbocycles. The molecule has 1 heterocycles. The molecule has 4 nitrogen and oxygen atoms in total. The maximum Gasteiger partial charge on any atom is 0.416 e. The number of hydrogen-bond donors (Lipinski definition) is 2. The predicted molar refractivity (Wildman–Crippen MR) is 125 cm³/mol. The van der Waals surface area contributed by atoms with Crippen LogP contribution < -0.4 is 15.5 Å². The molecule has 1 amide bonds. The summed E-state index contributed by atoms with van der Waals surface area (Å²) < 4.78 is 40.5. The van der Waals surface area contributed by atoms with Crippen LogP contribution in [0.5, 0.6) is 0 Å². The average molecular weight is 568 g/mol. The summed E-state index contributed by atoms with van der Waals surface area (Å²) in [5, 5.41) is 5.41. The van der Waals surface area contributed by atoms with Gasteiger partial charge in [-0.1, -0.05) is 11.6 Å². The van der Waals surface area contributed by atoms with Crippen molar-refractivity contribution in [2.45, 2.75) is 25.4 Å². The number of carbonyl (C=O) groups excluding carboxylic acids is 1. The summed E-state index contributed by atoms with van der Waals surface area (Å²) in [5.41, 5.74) is 0.255. The van der Waals surface area contributed by atoms with Gasteiger partial charge in [0.2, 0.25) is 0 Å². The molecule has 0 aromatic heterocycles. The van der Waals surface area contributed by atoms with Crippen molar-refractivity contribution in [2.24, 2.45) is 0 Å². The number of anilines is 2. The van der Waals surface area contributed by atoms with Gasteiger partial charge in [-0.3, -0.25) is 10.1 Å². The van der Waals surface area contributed by atoms with E-state index in [0.29, 0.717) is 5.69 Å². The van der Waals surface area contributed by atoms with Gasteiger partial charge < -0.3 is 10.2 Å². The lowest BCUT2D eigenvalue weighted by Gasteiger charge is -2.31. The van der Waals surface area contributed by atoms with Crippen LogP contribution in [0.1, 0.15) is 35.2 Å². The van der Waals surface area contributed by atoms with Crippen molar-refractivity contribution in [1.29, 1.82) is 0 Å². The van der Waals surface area contributed by atoms with Gasteiger partial charge in [0.25, 0.3) is 5.91 Å². The first kappa shape index (κ1) is 23.1. The Morgan fingerprint density at radius 3 is 2.47 bits per heavy atom. The van der Waals surface area contributed by atoms with E-state index in [0.717, 1.165) is 48.1 Å². The van der Waals surface area contributed by atoms with E-state index in [1.807, 2.05) is 27.5 Å². The first-order valence-electron chi connectivity index (χ1n) is 9.19. The molecule has 10 heteroatoms. The zero-order chi connectivity index (χ0) is 21.9. The third-order valence-corrected chi connectivity index (χ3v) is 5.87. The first-order valence-corrected chi connectivity index (χ1v) is 11.1. The Labute approximate surface area is 196 Å². The molecule has 0 bridgehead atoms. The number of carbonyl (C=O) groups is 1. The molecule has 0 spiro atoms. The highest BCUT2D eigenvalue weighted by molar-refractivity contribution is 14.1. The van der Waals surface area contributed by atoms with E-state index in [9.17, 15) is 18.0 Å². The quantitative estimate of drug-likeness (QED) is 0.349. The topological polar surface area (TPSA) is 44.4 Å². The first-order chi connectivity index (χ1) is 14.1. The number of amides is 1. The zero-order valence-electron chi connectivity index (χ0n) is 15.7. The second-order valence-corrected chi connectivity index (χ2v) is 8.87. The summed E-state index contributed by atoms with van der Waals surface area (Å²) in [5.74, 6) is -0.539. The van der Waals surface area contributed by atoms with Crippen molar-refractivity contribution in [1.82, 2.24) is 5.32 Å². The number of nitrogens with zero attached hydrogens (tertiary/aromatic N) is 1. The number of thiocarbonyl (C=S) groups is 1. The zero-order valence-corrected chi connectivity index (χ0v) is 19.4. The van der Waals surface area contributed by atoms with Crippen LogP contribution in [-0.4, -0.2) is 24.1 Å². The number of nitrogens with one attached hydrogen (secondary N) is 2. The standard InChI is InChI=1S/C20H18ClF3IN3OS/c21-15-6-5-13(25)11-14(15)18(29)27-19(30)26-16-10-12(20(22,23)24)4-7-17(16)28-8-2-1-3-9-28/h4-7,10-11H,1-3,8-9H2,(H2,26,27,29,30).